The minimum absolute atomic E-state index is 0.0964. The molecule has 2 amide bonds. The summed E-state index contributed by atoms with van der Waals surface area (Å²) in [5.74, 6) is 3.69. The Kier molecular flexibility index (Phi) is 11.0. The Labute approximate surface area is 261 Å². The fourth-order valence-corrected chi connectivity index (χ4v) is 6.50. The van der Waals surface area contributed by atoms with E-state index < -0.39 is 5.82 Å². The van der Waals surface area contributed by atoms with E-state index >= 15 is 0 Å². The number of fused-ring (bicyclic) bond motifs is 2. The number of anilines is 1. The second-order valence-corrected chi connectivity index (χ2v) is 12.8. The third kappa shape index (κ3) is 8.27. The molecule has 1 aromatic heterocycles. The normalized spacial score (nSPS) is 15.1. The largest absolute Gasteiger partial charge is 0.481 e. The number of ether oxygens (including phenoxy) is 1. The Hall–Kier alpha value is -3.62. The molecule has 0 saturated heterocycles. The lowest BCUT2D eigenvalue weighted by Crippen LogP contribution is -2.39. The van der Waals surface area contributed by atoms with E-state index in [2.05, 4.69) is 55.1 Å². The number of rotatable bonds is 8. The van der Waals surface area contributed by atoms with Gasteiger partial charge in [-0.25, -0.2) is 9.38 Å². The minimum atomic E-state index is -0.515. The molecule has 0 N–H and O–H groups in total. The van der Waals surface area contributed by atoms with Gasteiger partial charge in [-0.3, -0.25) is 14.5 Å². The predicted molar refractivity (Wildman–Crippen MR) is 171 cm³/mol. The van der Waals surface area contributed by atoms with Gasteiger partial charge in [0.25, 0.3) is 11.1 Å². The van der Waals surface area contributed by atoms with Gasteiger partial charge in [0, 0.05) is 49.4 Å². The predicted octanol–water partition coefficient (Wildman–Crippen LogP) is 6.42. The number of aromatic nitrogens is 2. The smallest absolute Gasteiger partial charge is 0.281 e. The molecule has 0 unspecified atom stereocenters. The Morgan fingerprint density at radius 2 is 1.95 bits per heavy atom. The first-order valence-electron chi connectivity index (χ1n) is 14.4. The van der Waals surface area contributed by atoms with Crippen LogP contribution in [0.1, 0.15) is 51.9 Å². The molecular weight excluding hydrogens is 586 g/mol. The van der Waals surface area contributed by atoms with Crippen molar-refractivity contribution >= 4 is 45.8 Å². The summed E-state index contributed by atoms with van der Waals surface area (Å²) in [6.45, 7) is 11.0. The van der Waals surface area contributed by atoms with Crippen molar-refractivity contribution in [3.63, 3.8) is 0 Å². The molecular formula is C32H38FN5O3S2. The van der Waals surface area contributed by atoms with E-state index in [1.165, 1.54) is 45.9 Å². The number of halogens is 1. The average molecular weight is 624 g/mol. The average Bonchev–Trinajstić information content (AvgIpc) is 3.49. The van der Waals surface area contributed by atoms with Gasteiger partial charge in [0.05, 0.1) is 12.2 Å². The van der Waals surface area contributed by atoms with Gasteiger partial charge in [-0.2, -0.15) is 4.37 Å². The highest BCUT2D eigenvalue weighted by Crippen LogP contribution is 2.37. The monoisotopic (exact) mass is 623 g/mol. The van der Waals surface area contributed by atoms with Crippen molar-refractivity contribution in [3.05, 3.63) is 64.5 Å². The van der Waals surface area contributed by atoms with E-state index in [0.717, 1.165) is 50.5 Å². The number of hydrogen-bond acceptors (Lipinski definition) is 7. The zero-order valence-corrected chi connectivity index (χ0v) is 26.8. The Bertz CT molecular complexity index is 1540. The number of amides is 2. The molecule has 2 aliphatic heterocycles. The van der Waals surface area contributed by atoms with Crippen LogP contribution >= 0.6 is 23.3 Å². The van der Waals surface area contributed by atoms with Crippen LogP contribution in [0, 0.1) is 23.6 Å². The van der Waals surface area contributed by atoms with E-state index in [-0.39, 0.29) is 35.4 Å². The van der Waals surface area contributed by atoms with Crippen molar-refractivity contribution in [1.82, 2.24) is 13.8 Å². The van der Waals surface area contributed by atoms with Crippen molar-refractivity contribution in [2.75, 3.05) is 31.1 Å². The second-order valence-electron chi connectivity index (χ2n) is 11.2. The summed E-state index contributed by atoms with van der Waals surface area (Å²) < 4.78 is 26.3. The number of thioether (sulfide) groups is 1. The molecule has 3 heterocycles. The first-order chi connectivity index (χ1) is 20.7. The van der Waals surface area contributed by atoms with Gasteiger partial charge in [0.1, 0.15) is 17.3 Å². The van der Waals surface area contributed by atoms with Crippen LogP contribution in [0.25, 0.3) is 0 Å². The van der Waals surface area contributed by atoms with Crippen LogP contribution in [0.3, 0.4) is 0 Å². The fourth-order valence-electron chi connectivity index (χ4n) is 4.89. The van der Waals surface area contributed by atoms with E-state index in [1.807, 2.05) is 27.7 Å². The van der Waals surface area contributed by atoms with Gasteiger partial charge >= 0.3 is 0 Å². The molecule has 0 radical (unpaired) electrons. The first-order valence-corrected chi connectivity index (χ1v) is 16.2. The summed E-state index contributed by atoms with van der Waals surface area (Å²) in [5, 5.41) is 0.206. The second kappa shape index (κ2) is 14.7. The van der Waals surface area contributed by atoms with Crippen LogP contribution in [0.5, 0.6) is 5.75 Å². The molecule has 8 nitrogen and oxygen atoms in total. The van der Waals surface area contributed by atoms with Crippen LogP contribution in [0.2, 0.25) is 0 Å². The van der Waals surface area contributed by atoms with Crippen molar-refractivity contribution in [2.24, 2.45) is 10.4 Å². The van der Waals surface area contributed by atoms with Crippen LogP contribution in [0.15, 0.2) is 47.5 Å². The number of carbonyl (C=O) groups excluding carboxylic acids is 2. The molecule has 0 aliphatic carbocycles. The Balaban J connectivity index is 0.000000217. The minimum Gasteiger partial charge on any atom is -0.481 e. The Morgan fingerprint density at radius 1 is 1.23 bits per heavy atom. The van der Waals surface area contributed by atoms with Gasteiger partial charge in [-0.15, -0.1) is 6.42 Å². The van der Waals surface area contributed by atoms with E-state index in [9.17, 15) is 14.0 Å². The molecule has 11 heteroatoms. The van der Waals surface area contributed by atoms with Crippen molar-refractivity contribution in [2.45, 2.75) is 59.3 Å². The zero-order valence-electron chi connectivity index (χ0n) is 25.1. The summed E-state index contributed by atoms with van der Waals surface area (Å²) in [7, 11) is 0. The van der Waals surface area contributed by atoms with E-state index in [0.29, 0.717) is 16.2 Å². The topological polar surface area (TPSA) is 80.0 Å². The van der Waals surface area contributed by atoms with E-state index in [1.54, 1.807) is 0 Å². The van der Waals surface area contributed by atoms with Gasteiger partial charge < -0.3 is 14.2 Å². The molecule has 0 atom stereocenters. The lowest BCUT2D eigenvalue weighted by Gasteiger charge is -2.28. The molecule has 0 bridgehead atoms. The van der Waals surface area contributed by atoms with Gasteiger partial charge in [0.15, 0.2) is 12.4 Å². The molecule has 228 valence electrons. The maximum absolute atomic E-state index is 14.5. The number of hydrogen-bond donors (Lipinski definition) is 0. The van der Waals surface area contributed by atoms with Crippen LogP contribution < -0.4 is 14.4 Å². The van der Waals surface area contributed by atoms with Gasteiger partial charge in [0.2, 0.25) is 4.80 Å². The third-order valence-corrected chi connectivity index (χ3v) is 8.65. The van der Waals surface area contributed by atoms with Crippen LogP contribution in [0.4, 0.5) is 20.6 Å². The highest BCUT2D eigenvalue weighted by Gasteiger charge is 2.31. The summed E-state index contributed by atoms with van der Waals surface area (Å²) in [5.41, 5.74) is 1.89. The summed E-state index contributed by atoms with van der Waals surface area (Å²) in [6.07, 6.45) is 8.27. The van der Waals surface area contributed by atoms with Crippen LogP contribution in [-0.2, 0) is 23.5 Å². The molecule has 0 spiro atoms. The van der Waals surface area contributed by atoms with Crippen LogP contribution in [-0.4, -0.2) is 51.2 Å². The fraction of sp³-hybridized carbons (Fsp3) is 0.438. The molecule has 0 fully saturated rings. The van der Waals surface area contributed by atoms with E-state index in [4.69, 9.17) is 11.2 Å². The molecule has 3 aromatic rings. The number of carbonyl (C=O) groups is 2. The first kappa shape index (κ1) is 32.3. The number of terminal acetylenes is 1. The van der Waals surface area contributed by atoms with Crippen molar-refractivity contribution in [1.29, 1.82) is 0 Å². The quantitative estimate of drug-likeness (QED) is 0.271. The summed E-state index contributed by atoms with van der Waals surface area (Å²) in [4.78, 5) is 32.5. The number of nitrogens with zero attached hydrogens (tertiary/aromatic N) is 5. The molecule has 2 aromatic carbocycles. The molecule has 0 saturated carbocycles. The lowest BCUT2D eigenvalue weighted by molar-refractivity contribution is -0.121. The van der Waals surface area contributed by atoms with Gasteiger partial charge in [-0.1, -0.05) is 75.7 Å². The molecule has 5 rings (SSSR count). The summed E-state index contributed by atoms with van der Waals surface area (Å²) >= 11 is 2.65. The van der Waals surface area contributed by atoms with Gasteiger partial charge in [-0.05, 0) is 29.9 Å². The molecule has 2 aliphatic rings. The number of benzene rings is 2. The van der Waals surface area contributed by atoms with Crippen molar-refractivity contribution in [3.8, 4) is 18.1 Å². The Morgan fingerprint density at radius 3 is 2.63 bits per heavy atom. The standard InChI is InChI=1S/C18H17FN4O2S.C14H21NOS/c1-4-5-22-13-7-12(11(19)6-14(13)25-9-16(22)24)20-17-23-10-18(2,3)8-15(23)21-26-17;1-3-10-15(11-4-2)14(16)17-12-13-8-6-5-7-9-13/h1,6-7H,5,8-10H2,2-3H3;5-9H,3-4,10-12H2,1-2H3. The lowest BCUT2D eigenvalue weighted by atomic mass is 9.92. The molecule has 43 heavy (non-hydrogen) atoms. The highest BCUT2D eigenvalue weighted by atomic mass is 32.2. The third-order valence-electron chi connectivity index (χ3n) is 6.89. The SMILES string of the molecule is C#CCN1C(=O)COc2cc(F)c(N=c3snc4n3CC(C)(C)C4)cc21.CCCN(CCC)C(=O)SCc1ccccc1. The zero-order chi connectivity index (χ0) is 31.0. The summed E-state index contributed by atoms with van der Waals surface area (Å²) in [6, 6.07) is 12.9. The maximum Gasteiger partial charge on any atom is 0.281 e. The van der Waals surface area contributed by atoms with Crippen molar-refractivity contribution < 1.29 is 18.7 Å². The maximum atomic E-state index is 14.5. The highest BCUT2D eigenvalue weighted by molar-refractivity contribution is 8.12.